The van der Waals surface area contributed by atoms with Crippen molar-refractivity contribution in [2.75, 3.05) is 6.54 Å². The Labute approximate surface area is 181 Å². The molecule has 0 unspecified atom stereocenters. The Bertz CT molecular complexity index is 1210. The number of imidazole rings is 1. The van der Waals surface area contributed by atoms with Crippen LogP contribution in [0.4, 0.5) is 0 Å². The van der Waals surface area contributed by atoms with Gasteiger partial charge in [-0.2, -0.15) is 0 Å². The molecule has 7 nitrogen and oxygen atoms in total. The van der Waals surface area contributed by atoms with Crippen LogP contribution in [0.25, 0.3) is 4.96 Å². The second-order valence-electron chi connectivity index (χ2n) is 7.18. The number of pyridine rings is 1. The lowest BCUT2D eigenvalue weighted by Crippen LogP contribution is -2.37. The van der Waals surface area contributed by atoms with Gasteiger partial charge in [0.2, 0.25) is 0 Å². The zero-order chi connectivity index (χ0) is 20.7. The molecular weight excluding hydrogens is 418 g/mol. The summed E-state index contributed by atoms with van der Waals surface area (Å²) in [6.07, 6.45) is 6.26. The summed E-state index contributed by atoms with van der Waals surface area (Å²) in [7, 11) is 0. The van der Waals surface area contributed by atoms with Crippen LogP contribution < -0.4 is 5.32 Å². The van der Waals surface area contributed by atoms with Crippen molar-refractivity contribution in [3.8, 4) is 0 Å². The molecule has 1 aliphatic rings. The molecule has 0 saturated heterocycles. The summed E-state index contributed by atoms with van der Waals surface area (Å²) in [5.74, 6) is -0.140. The maximum absolute atomic E-state index is 13.0. The molecule has 5 heterocycles. The van der Waals surface area contributed by atoms with Crippen molar-refractivity contribution in [3.63, 3.8) is 0 Å². The zero-order valence-corrected chi connectivity index (χ0v) is 17.9. The van der Waals surface area contributed by atoms with Crippen molar-refractivity contribution in [3.05, 3.63) is 74.4 Å². The van der Waals surface area contributed by atoms with Crippen molar-refractivity contribution in [1.29, 1.82) is 0 Å². The average molecular weight is 438 g/mol. The van der Waals surface area contributed by atoms with E-state index in [4.69, 9.17) is 0 Å². The third kappa shape index (κ3) is 3.40. The minimum atomic E-state index is -0.0747. The van der Waals surface area contributed by atoms with E-state index in [1.807, 2.05) is 51.5 Å². The van der Waals surface area contributed by atoms with E-state index >= 15 is 0 Å². The van der Waals surface area contributed by atoms with Crippen LogP contribution in [0.2, 0.25) is 0 Å². The number of aryl methyl sites for hydroxylation is 1. The molecule has 0 aliphatic carbocycles. The molecule has 0 saturated carbocycles. The third-order valence-electron chi connectivity index (χ3n) is 5.37. The van der Waals surface area contributed by atoms with Crippen molar-refractivity contribution in [2.24, 2.45) is 0 Å². The van der Waals surface area contributed by atoms with Gasteiger partial charge in [-0.3, -0.25) is 19.0 Å². The molecule has 2 amide bonds. The van der Waals surface area contributed by atoms with Gasteiger partial charge in [0, 0.05) is 49.3 Å². The SMILES string of the molecule is Cc1ncc2c(c1CNC(=O)c1cccs1)CCN(C(=O)c1cn3ccsc3n1)C2. The number of rotatable bonds is 4. The van der Waals surface area contributed by atoms with Crippen LogP contribution in [0, 0.1) is 6.92 Å². The number of hydrogen-bond donors (Lipinski definition) is 1. The average Bonchev–Trinajstić information content (AvgIpc) is 3.49. The van der Waals surface area contributed by atoms with Gasteiger partial charge in [0.05, 0.1) is 4.88 Å². The predicted octanol–water partition coefficient (Wildman–Crippen LogP) is 3.29. The molecule has 0 fully saturated rings. The van der Waals surface area contributed by atoms with Crippen molar-refractivity contribution in [2.45, 2.75) is 26.4 Å². The molecule has 5 rings (SSSR count). The number of thiophene rings is 1. The predicted molar refractivity (Wildman–Crippen MR) is 116 cm³/mol. The van der Waals surface area contributed by atoms with Gasteiger partial charge in [-0.25, -0.2) is 4.98 Å². The first-order valence-corrected chi connectivity index (χ1v) is 11.4. The fourth-order valence-electron chi connectivity index (χ4n) is 3.79. The minimum Gasteiger partial charge on any atom is -0.347 e. The summed E-state index contributed by atoms with van der Waals surface area (Å²) in [6, 6.07) is 3.68. The summed E-state index contributed by atoms with van der Waals surface area (Å²) >= 11 is 2.93. The fourth-order valence-corrected chi connectivity index (χ4v) is 5.13. The number of thiazole rings is 1. The van der Waals surface area contributed by atoms with Crippen LogP contribution in [-0.4, -0.2) is 37.6 Å². The van der Waals surface area contributed by atoms with E-state index in [1.165, 1.54) is 28.2 Å². The number of nitrogens with zero attached hydrogens (tertiary/aromatic N) is 4. The number of amides is 2. The fraction of sp³-hybridized carbons (Fsp3) is 0.238. The quantitative estimate of drug-likeness (QED) is 0.531. The van der Waals surface area contributed by atoms with Crippen LogP contribution in [0.1, 0.15) is 42.5 Å². The monoisotopic (exact) mass is 437 g/mol. The summed E-state index contributed by atoms with van der Waals surface area (Å²) in [5.41, 5.74) is 4.64. The number of hydrogen-bond acceptors (Lipinski definition) is 6. The smallest absolute Gasteiger partial charge is 0.274 e. The molecule has 9 heteroatoms. The van der Waals surface area contributed by atoms with E-state index < -0.39 is 0 Å². The van der Waals surface area contributed by atoms with E-state index in [1.54, 1.807) is 6.20 Å². The standard InChI is InChI=1S/C21H19N5O2S2/c1-13-16(10-23-19(27)18-3-2-7-29-18)15-4-5-25(11-14(15)9-22-13)20(28)17-12-26-6-8-30-21(26)24-17/h2-3,6-9,12H,4-5,10-11H2,1H3,(H,23,27). The van der Waals surface area contributed by atoms with Gasteiger partial charge in [0.15, 0.2) is 4.96 Å². The third-order valence-corrected chi connectivity index (χ3v) is 7.01. The normalized spacial score (nSPS) is 13.4. The Morgan fingerprint density at radius 2 is 2.17 bits per heavy atom. The second-order valence-corrected chi connectivity index (χ2v) is 9.00. The van der Waals surface area contributed by atoms with E-state index in [0.717, 1.165) is 28.2 Å². The number of nitrogens with one attached hydrogen (secondary N) is 1. The number of aromatic nitrogens is 3. The Hall–Kier alpha value is -3.04. The Morgan fingerprint density at radius 3 is 2.97 bits per heavy atom. The largest absolute Gasteiger partial charge is 0.347 e. The van der Waals surface area contributed by atoms with Gasteiger partial charge < -0.3 is 10.2 Å². The van der Waals surface area contributed by atoms with Crippen LogP contribution in [-0.2, 0) is 19.5 Å². The number of carbonyl (C=O) groups is 2. The van der Waals surface area contributed by atoms with Crippen LogP contribution >= 0.6 is 22.7 Å². The Morgan fingerprint density at radius 1 is 1.27 bits per heavy atom. The molecule has 0 spiro atoms. The van der Waals surface area contributed by atoms with Crippen molar-refractivity contribution < 1.29 is 9.59 Å². The summed E-state index contributed by atoms with van der Waals surface area (Å²) in [4.78, 5) is 37.6. The molecular formula is C21H19N5O2S2. The first-order chi connectivity index (χ1) is 14.6. The molecule has 0 atom stereocenters. The molecule has 1 aliphatic heterocycles. The van der Waals surface area contributed by atoms with Gasteiger partial charge >= 0.3 is 0 Å². The first-order valence-electron chi connectivity index (χ1n) is 9.59. The van der Waals surface area contributed by atoms with E-state index in [2.05, 4.69) is 15.3 Å². The van der Waals surface area contributed by atoms with Crippen molar-refractivity contribution in [1.82, 2.24) is 24.6 Å². The molecule has 0 bridgehead atoms. The molecule has 4 aromatic rings. The molecule has 4 aromatic heterocycles. The van der Waals surface area contributed by atoms with E-state index in [-0.39, 0.29) is 11.8 Å². The minimum absolute atomic E-state index is 0.0651. The van der Waals surface area contributed by atoms with Crippen LogP contribution in [0.5, 0.6) is 0 Å². The van der Waals surface area contributed by atoms with Gasteiger partial charge in [-0.1, -0.05) is 6.07 Å². The number of carbonyl (C=O) groups excluding carboxylic acids is 2. The highest BCUT2D eigenvalue weighted by atomic mass is 32.1. The topological polar surface area (TPSA) is 79.6 Å². The molecule has 0 aromatic carbocycles. The second kappa shape index (κ2) is 7.66. The lowest BCUT2D eigenvalue weighted by Gasteiger charge is -2.30. The van der Waals surface area contributed by atoms with Crippen molar-refractivity contribution >= 4 is 39.4 Å². The first kappa shape index (κ1) is 19.0. The van der Waals surface area contributed by atoms with Gasteiger partial charge in [-0.05, 0) is 41.5 Å². The van der Waals surface area contributed by atoms with E-state index in [0.29, 0.717) is 30.2 Å². The maximum atomic E-state index is 13.0. The lowest BCUT2D eigenvalue weighted by molar-refractivity contribution is 0.0729. The highest BCUT2D eigenvalue weighted by molar-refractivity contribution is 7.15. The Kier molecular flexibility index (Phi) is 4.84. The highest BCUT2D eigenvalue weighted by Gasteiger charge is 2.26. The van der Waals surface area contributed by atoms with Gasteiger partial charge in [0.25, 0.3) is 11.8 Å². The summed E-state index contributed by atoms with van der Waals surface area (Å²) in [6.45, 7) is 3.51. The number of fused-ring (bicyclic) bond motifs is 2. The summed E-state index contributed by atoms with van der Waals surface area (Å²) in [5, 5.41) is 6.84. The Balaban J connectivity index is 1.34. The molecule has 1 N–H and O–H groups in total. The van der Waals surface area contributed by atoms with Gasteiger partial charge in [0.1, 0.15) is 5.69 Å². The highest BCUT2D eigenvalue weighted by Crippen LogP contribution is 2.25. The van der Waals surface area contributed by atoms with Crippen LogP contribution in [0.3, 0.4) is 0 Å². The van der Waals surface area contributed by atoms with Crippen LogP contribution in [0.15, 0.2) is 41.5 Å². The molecule has 0 radical (unpaired) electrons. The van der Waals surface area contributed by atoms with Gasteiger partial charge in [-0.15, -0.1) is 22.7 Å². The summed E-state index contributed by atoms with van der Waals surface area (Å²) < 4.78 is 1.87. The maximum Gasteiger partial charge on any atom is 0.274 e. The zero-order valence-electron chi connectivity index (χ0n) is 16.3. The molecule has 30 heavy (non-hydrogen) atoms. The molecule has 152 valence electrons. The van der Waals surface area contributed by atoms with E-state index in [9.17, 15) is 9.59 Å². The lowest BCUT2D eigenvalue weighted by atomic mass is 9.94.